The number of fused-ring (bicyclic) bond motifs is 3. The van der Waals surface area contributed by atoms with Crippen LogP contribution in [0.1, 0.15) is 23.1 Å². The van der Waals surface area contributed by atoms with E-state index in [0.29, 0.717) is 27.3 Å². The molecule has 0 saturated carbocycles. The Bertz CT molecular complexity index is 1670. The molecule has 5 aromatic carbocycles. The lowest BCUT2D eigenvalue weighted by Gasteiger charge is -2.23. The molecular formula is C30H17F5. The highest BCUT2D eigenvalue weighted by Crippen LogP contribution is 2.45. The molecular weight excluding hydrogens is 455 g/mol. The molecule has 35 heavy (non-hydrogen) atoms. The number of hydrogen-bond donors (Lipinski definition) is 0. The first-order chi connectivity index (χ1) is 16.9. The van der Waals surface area contributed by atoms with Gasteiger partial charge < -0.3 is 0 Å². The van der Waals surface area contributed by atoms with Crippen LogP contribution in [0.4, 0.5) is 22.0 Å². The van der Waals surface area contributed by atoms with Gasteiger partial charge in [0, 0.05) is 0 Å². The average Bonchev–Trinajstić information content (AvgIpc) is 2.86. The van der Waals surface area contributed by atoms with Crippen LogP contribution in [0.25, 0.3) is 38.2 Å². The fourth-order valence-electron chi connectivity index (χ4n) is 5.19. The lowest BCUT2D eigenvalue weighted by molar-refractivity contribution is 0.448. The van der Waals surface area contributed by atoms with Gasteiger partial charge in [0.15, 0.2) is 29.1 Å². The summed E-state index contributed by atoms with van der Waals surface area (Å²) < 4.78 is 71.5. The summed E-state index contributed by atoms with van der Waals surface area (Å²) in [6.45, 7) is 0. The highest BCUT2D eigenvalue weighted by molar-refractivity contribution is 6.20. The van der Waals surface area contributed by atoms with E-state index in [4.69, 9.17) is 0 Å². The predicted octanol–water partition coefficient (Wildman–Crippen LogP) is 8.73. The Labute approximate surface area is 198 Å². The van der Waals surface area contributed by atoms with Gasteiger partial charge in [-0.2, -0.15) is 0 Å². The van der Waals surface area contributed by atoms with E-state index in [0.717, 1.165) is 53.8 Å². The molecule has 0 fully saturated rings. The maximum absolute atomic E-state index is 14.6. The Morgan fingerprint density at radius 3 is 1.80 bits per heavy atom. The number of hydrogen-bond acceptors (Lipinski definition) is 0. The molecule has 1 aliphatic rings. The van der Waals surface area contributed by atoms with Crippen molar-refractivity contribution in [3.8, 4) is 11.1 Å². The fraction of sp³-hybridized carbons (Fsp3) is 0.0667. The molecule has 0 bridgehead atoms. The lowest BCUT2D eigenvalue weighted by atomic mass is 9.80. The summed E-state index contributed by atoms with van der Waals surface area (Å²) in [4.78, 5) is 0. The van der Waals surface area contributed by atoms with Crippen LogP contribution in [0.3, 0.4) is 0 Å². The van der Waals surface area contributed by atoms with Gasteiger partial charge in [-0.25, -0.2) is 22.0 Å². The van der Waals surface area contributed by atoms with Gasteiger partial charge in [0.1, 0.15) is 0 Å². The van der Waals surface area contributed by atoms with Crippen molar-refractivity contribution in [3.63, 3.8) is 0 Å². The van der Waals surface area contributed by atoms with E-state index in [1.165, 1.54) is 0 Å². The number of benzene rings is 5. The summed E-state index contributed by atoms with van der Waals surface area (Å²) in [5.74, 6) is -6.40. The zero-order valence-electron chi connectivity index (χ0n) is 18.3. The fourth-order valence-corrected chi connectivity index (χ4v) is 5.19. The van der Waals surface area contributed by atoms with Crippen molar-refractivity contribution < 1.29 is 22.0 Å². The Hall–Kier alpha value is -3.99. The van der Waals surface area contributed by atoms with Gasteiger partial charge in [0.05, 0.1) is 0 Å². The zero-order valence-corrected chi connectivity index (χ0v) is 18.3. The summed E-state index contributed by atoms with van der Waals surface area (Å²) in [7, 11) is 0. The van der Waals surface area contributed by atoms with Gasteiger partial charge in [-0.1, -0.05) is 54.6 Å². The third-order valence-corrected chi connectivity index (χ3v) is 6.68. The topological polar surface area (TPSA) is 0 Å². The summed E-state index contributed by atoms with van der Waals surface area (Å²) in [5, 5.41) is 2.00. The molecule has 0 aliphatic heterocycles. The molecule has 6 rings (SSSR count). The minimum absolute atomic E-state index is 0.0400. The summed E-state index contributed by atoms with van der Waals surface area (Å²) in [6, 6.07) is 19.1. The van der Waals surface area contributed by atoms with Crippen LogP contribution < -0.4 is 0 Å². The second-order valence-corrected chi connectivity index (χ2v) is 8.67. The van der Waals surface area contributed by atoms with Gasteiger partial charge in [-0.05, 0) is 92.0 Å². The average molecular weight is 472 g/mol. The summed E-state index contributed by atoms with van der Waals surface area (Å²) in [6.07, 6.45) is 3.73. The molecule has 0 nitrogen and oxygen atoms in total. The van der Waals surface area contributed by atoms with E-state index in [2.05, 4.69) is 6.08 Å². The number of rotatable bonds is 2. The van der Waals surface area contributed by atoms with Gasteiger partial charge in [-0.15, -0.1) is 0 Å². The molecule has 172 valence electrons. The normalized spacial score (nSPS) is 13.2. The monoisotopic (exact) mass is 472 g/mol. The minimum atomic E-state index is -1.58. The molecule has 0 spiro atoms. The maximum atomic E-state index is 14.6. The molecule has 0 unspecified atom stereocenters. The minimum Gasteiger partial charge on any atom is -0.204 e. The first-order valence-corrected chi connectivity index (χ1v) is 11.2. The highest BCUT2D eigenvalue weighted by Gasteiger charge is 2.24. The Balaban J connectivity index is 1.81. The summed E-state index contributed by atoms with van der Waals surface area (Å²) in [5.41, 5.74) is 4.10. The third kappa shape index (κ3) is 3.34. The van der Waals surface area contributed by atoms with Gasteiger partial charge in [0.25, 0.3) is 0 Å². The first kappa shape index (κ1) is 21.5. The zero-order chi connectivity index (χ0) is 24.3. The number of allylic oxidation sites excluding steroid dienone is 1. The molecule has 0 heterocycles. The van der Waals surface area contributed by atoms with E-state index in [1.54, 1.807) is 12.1 Å². The van der Waals surface area contributed by atoms with E-state index < -0.39 is 29.1 Å². The van der Waals surface area contributed by atoms with Crippen LogP contribution in [0, 0.1) is 29.1 Å². The van der Waals surface area contributed by atoms with Gasteiger partial charge in [-0.3, -0.25) is 0 Å². The Morgan fingerprint density at radius 1 is 0.543 bits per heavy atom. The molecule has 0 radical (unpaired) electrons. The van der Waals surface area contributed by atoms with Crippen molar-refractivity contribution in [2.24, 2.45) is 0 Å². The van der Waals surface area contributed by atoms with Crippen molar-refractivity contribution >= 4 is 27.1 Å². The lowest BCUT2D eigenvalue weighted by Crippen LogP contribution is -2.03. The van der Waals surface area contributed by atoms with Crippen molar-refractivity contribution in [1.82, 2.24) is 0 Å². The smallest absolute Gasteiger partial charge is 0.194 e. The molecule has 0 saturated heterocycles. The van der Waals surface area contributed by atoms with E-state index in [1.807, 2.05) is 36.4 Å². The number of aryl methyl sites for hydroxylation is 1. The second-order valence-electron chi connectivity index (χ2n) is 8.67. The predicted molar refractivity (Wildman–Crippen MR) is 129 cm³/mol. The van der Waals surface area contributed by atoms with Gasteiger partial charge >= 0.3 is 0 Å². The van der Waals surface area contributed by atoms with E-state index in [9.17, 15) is 22.0 Å². The third-order valence-electron chi connectivity index (χ3n) is 6.68. The molecule has 0 N–H and O–H groups in total. The molecule has 5 aromatic rings. The van der Waals surface area contributed by atoms with Crippen LogP contribution in [0.15, 0.2) is 78.9 Å². The standard InChI is InChI=1S/C30H17F5/c31-24-14-22-23(15-25(24)32)29(19-11-5-7-16-6-1-2-8-18(16)19)21-10-4-3-9-20(21)28(22)17-12-26(33)30(35)27(34)13-17/h1-4,6,8-15H,5,7H2. The molecule has 0 atom stereocenters. The van der Waals surface area contributed by atoms with Crippen molar-refractivity contribution in [3.05, 3.63) is 125 Å². The largest absolute Gasteiger partial charge is 0.204 e. The van der Waals surface area contributed by atoms with Crippen LogP contribution >= 0.6 is 0 Å². The van der Waals surface area contributed by atoms with E-state index >= 15 is 0 Å². The number of halogens is 5. The molecule has 0 amide bonds. The first-order valence-electron chi connectivity index (χ1n) is 11.2. The molecule has 1 aliphatic carbocycles. The Morgan fingerprint density at radius 2 is 1.11 bits per heavy atom. The maximum Gasteiger partial charge on any atom is 0.194 e. The van der Waals surface area contributed by atoms with E-state index in [-0.39, 0.29) is 10.9 Å². The quantitative estimate of drug-likeness (QED) is 0.137. The van der Waals surface area contributed by atoms with Crippen LogP contribution in [-0.2, 0) is 6.42 Å². The van der Waals surface area contributed by atoms with Crippen molar-refractivity contribution in [2.75, 3.05) is 0 Å². The van der Waals surface area contributed by atoms with Gasteiger partial charge in [0.2, 0.25) is 0 Å². The molecule has 5 heteroatoms. The highest BCUT2D eigenvalue weighted by atomic mass is 19.2. The molecule has 0 aromatic heterocycles. The van der Waals surface area contributed by atoms with Crippen molar-refractivity contribution in [2.45, 2.75) is 12.8 Å². The van der Waals surface area contributed by atoms with Crippen LogP contribution in [0.2, 0.25) is 0 Å². The van der Waals surface area contributed by atoms with Crippen LogP contribution in [-0.4, -0.2) is 0 Å². The van der Waals surface area contributed by atoms with Crippen LogP contribution in [0.5, 0.6) is 0 Å². The van der Waals surface area contributed by atoms with Crippen molar-refractivity contribution in [1.29, 1.82) is 0 Å². The Kier molecular flexibility index (Phi) is 4.95. The SMILES string of the molecule is Fc1cc2c(C3=CCCc4ccccc43)c3ccccc3c(-c3cc(F)c(F)c(F)c3)c2cc1F. The second kappa shape index (κ2) is 8.05. The summed E-state index contributed by atoms with van der Waals surface area (Å²) >= 11 is 0.